The van der Waals surface area contributed by atoms with E-state index in [9.17, 15) is 43.2 Å². The van der Waals surface area contributed by atoms with Gasteiger partial charge < -0.3 is 9.44 Å². The minimum Gasteiger partial charge on any atom is -0.570 e. The zero-order valence-corrected chi connectivity index (χ0v) is 11.6. The van der Waals surface area contributed by atoms with Crippen LogP contribution in [0.15, 0.2) is 24.3 Å². The zero-order valence-electron chi connectivity index (χ0n) is 9.92. The van der Waals surface area contributed by atoms with E-state index in [1.54, 1.807) is 0 Å². The van der Waals surface area contributed by atoms with Crippen molar-refractivity contribution in [3.8, 4) is 0 Å². The van der Waals surface area contributed by atoms with Crippen molar-refractivity contribution >= 4 is 31.4 Å². The third kappa shape index (κ3) is 3.94. The molecule has 0 fully saturated rings. The monoisotopic (exact) mass is 370 g/mol. The SMILES string of the molecule is O=S(=O)([N-]c1ccccc1[N-]S(=O)(=O)C(F)(F)F)C(F)(F)F. The van der Waals surface area contributed by atoms with Crippen molar-refractivity contribution in [3.63, 3.8) is 0 Å². The fourth-order valence-corrected chi connectivity index (χ4v) is 2.01. The molecule has 0 N–H and O–H groups in total. The summed E-state index contributed by atoms with van der Waals surface area (Å²) in [5.74, 6) is 0. The van der Waals surface area contributed by atoms with Crippen molar-refractivity contribution in [1.82, 2.24) is 0 Å². The lowest BCUT2D eigenvalue weighted by molar-refractivity contribution is -0.0432. The number of sulfonamides is 2. The van der Waals surface area contributed by atoms with Gasteiger partial charge in [-0.1, -0.05) is 24.3 Å². The summed E-state index contributed by atoms with van der Waals surface area (Å²) in [6.07, 6.45) is 0. The van der Waals surface area contributed by atoms with Gasteiger partial charge in [0.25, 0.3) is 0 Å². The van der Waals surface area contributed by atoms with Gasteiger partial charge in [-0.2, -0.15) is 26.3 Å². The van der Waals surface area contributed by atoms with Gasteiger partial charge in [0.1, 0.15) is 0 Å². The summed E-state index contributed by atoms with van der Waals surface area (Å²) < 4.78 is 121. The Bertz CT molecular complexity index is 689. The van der Waals surface area contributed by atoms with Crippen LogP contribution in [0.4, 0.5) is 37.7 Å². The number of hydrogen-bond acceptors (Lipinski definition) is 4. The quantitative estimate of drug-likeness (QED) is 0.759. The molecule has 0 amide bonds. The number of nitrogens with zero attached hydrogens (tertiary/aromatic N) is 2. The molecule has 126 valence electrons. The molecule has 0 aliphatic heterocycles. The molecule has 0 bridgehead atoms. The molecule has 0 saturated carbocycles. The lowest BCUT2D eigenvalue weighted by Crippen LogP contribution is -2.22. The Hall–Kier alpha value is -1.70. The third-order valence-corrected chi connectivity index (χ3v) is 3.95. The standard InChI is InChI=1S/C8H4F6N2O4S2/c9-7(10,11)21(17,18)15-5-3-1-2-4-6(5)16-22(19,20)8(12,13)14/h1-4H/q-2. The lowest BCUT2D eigenvalue weighted by Gasteiger charge is -2.32. The zero-order chi connectivity index (χ0) is 17.4. The maximum atomic E-state index is 12.2. The number of benzene rings is 1. The molecule has 22 heavy (non-hydrogen) atoms. The summed E-state index contributed by atoms with van der Waals surface area (Å²) in [4.78, 5) is 0. The predicted octanol–water partition coefficient (Wildman–Crippen LogP) is 3.40. The van der Waals surface area contributed by atoms with Crippen LogP contribution in [0.3, 0.4) is 0 Å². The van der Waals surface area contributed by atoms with E-state index in [0.717, 1.165) is 12.1 Å². The molecule has 0 spiro atoms. The van der Waals surface area contributed by atoms with Crippen LogP contribution in [-0.2, 0) is 20.0 Å². The summed E-state index contributed by atoms with van der Waals surface area (Å²) >= 11 is 0. The molecule has 14 heteroatoms. The number of rotatable bonds is 4. The van der Waals surface area contributed by atoms with Crippen molar-refractivity contribution in [1.29, 1.82) is 0 Å². The number of alkyl halides is 6. The van der Waals surface area contributed by atoms with Gasteiger partial charge in [-0.3, -0.25) is 0 Å². The molecular formula is C8H4F6N2O4S2-2. The first kappa shape index (κ1) is 18.3. The van der Waals surface area contributed by atoms with Crippen molar-refractivity contribution in [2.75, 3.05) is 0 Å². The third-order valence-electron chi connectivity index (χ3n) is 1.90. The van der Waals surface area contributed by atoms with Crippen LogP contribution in [0.1, 0.15) is 0 Å². The maximum Gasteiger partial charge on any atom is 0.483 e. The molecule has 1 rings (SSSR count). The molecule has 1 aromatic carbocycles. The van der Waals surface area contributed by atoms with Gasteiger partial charge in [-0.25, -0.2) is 16.8 Å². The average molecular weight is 370 g/mol. The van der Waals surface area contributed by atoms with Gasteiger partial charge in [0.2, 0.25) is 0 Å². The first-order valence-corrected chi connectivity index (χ1v) is 7.73. The van der Waals surface area contributed by atoms with Crippen molar-refractivity contribution in [2.24, 2.45) is 0 Å². The van der Waals surface area contributed by atoms with Gasteiger partial charge in [0.05, 0.1) is 0 Å². The van der Waals surface area contributed by atoms with E-state index in [4.69, 9.17) is 0 Å². The smallest absolute Gasteiger partial charge is 0.483 e. The fraction of sp³-hybridized carbons (Fsp3) is 0.250. The van der Waals surface area contributed by atoms with E-state index in [0.29, 0.717) is 12.1 Å². The van der Waals surface area contributed by atoms with Gasteiger partial charge in [0.15, 0.2) is 20.0 Å². The van der Waals surface area contributed by atoms with Crippen molar-refractivity contribution in [2.45, 2.75) is 11.0 Å². The van der Waals surface area contributed by atoms with Crippen LogP contribution in [0, 0.1) is 0 Å². The number of halogens is 6. The normalized spacial score (nSPS) is 13.7. The van der Waals surface area contributed by atoms with Gasteiger partial charge in [-0.05, 0) is 0 Å². The average Bonchev–Trinajstić information content (AvgIpc) is 2.28. The first-order valence-electron chi connectivity index (χ1n) is 4.85. The highest BCUT2D eigenvalue weighted by Crippen LogP contribution is 2.44. The molecule has 1 aromatic rings. The highest BCUT2D eigenvalue weighted by molar-refractivity contribution is 7.95. The molecule has 0 atom stereocenters. The van der Waals surface area contributed by atoms with Crippen LogP contribution in [0.5, 0.6) is 0 Å². The summed E-state index contributed by atoms with van der Waals surface area (Å²) in [6, 6.07) is 3.00. The summed E-state index contributed by atoms with van der Waals surface area (Å²) in [5, 5.41) is 0. The molecule has 0 aromatic heterocycles. The van der Waals surface area contributed by atoms with Crippen molar-refractivity contribution in [3.05, 3.63) is 33.7 Å². The number of hydrogen-bond donors (Lipinski definition) is 0. The maximum absolute atomic E-state index is 12.2. The molecule has 0 saturated heterocycles. The van der Waals surface area contributed by atoms with Gasteiger partial charge in [0, 0.05) is 0 Å². The van der Waals surface area contributed by atoms with E-state index < -0.39 is 42.4 Å². The van der Waals surface area contributed by atoms with Crippen molar-refractivity contribution < 1.29 is 43.2 Å². The summed E-state index contributed by atoms with van der Waals surface area (Å²) in [6.45, 7) is 0. The summed E-state index contributed by atoms with van der Waals surface area (Å²) in [7, 11) is -12.2. The first-order chi connectivity index (χ1) is 9.67. The highest BCUT2D eigenvalue weighted by Gasteiger charge is 2.40. The Balaban J connectivity index is 3.23. The topological polar surface area (TPSA) is 96.5 Å². The minimum absolute atomic E-state index is 0.564. The second kappa shape index (κ2) is 5.49. The minimum atomic E-state index is -6.08. The van der Waals surface area contributed by atoms with Crippen LogP contribution >= 0.6 is 0 Å². The van der Waals surface area contributed by atoms with Crippen LogP contribution in [0.2, 0.25) is 0 Å². The molecule has 0 aliphatic rings. The van der Waals surface area contributed by atoms with E-state index in [-0.39, 0.29) is 0 Å². The summed E-state index contributed by atoms with van der Waals surface area (Å²) in [5.41, 5.74) is -14.0. The Morgan fingerprint density at radius 1 is 0.682 bits per heavy atom. The molecule has 6 nitrogen and oxygen atoms in total. The second-order valence-electron chi connectivity index (χ2n) is 3.51. The lowest BCUT2D eigenvalue weighted by atomic mass is 10.3. The van der Waals surface area contributed by atoms with Crippen LogP contribution in [0.25, 0.3) is 9.44 Å². The van der Waals surface area contributed by atoms with Gasteiger partial charge in [-0.15, -0.1) is 11.4 Å². The molecule has 0 aliphatic carbocycles. The largest absolute Gasteiger partial charge is 0.570 e. The van der Waals surface area contributed by atoms with Gasteiger partial charge >= 0.3 is 11.0 Å². The Labute approximate surface area is 120 Å². The van der Waals surface area contributed by atoms with E-state index >= 15 is 0 Å². The Morgan fingerprint density at radius 2 is 0.955 bits per heavy atom. The second-order valence-corrected chi connectivity index (χ2v) is 6.70. The Morgan fingerprint density at radius 3 is 1.18 bits per heavy atom. The molecule has 0 unspecified atom stereocenters. The molecule has 0 heterocycles. The molecule has 0 radical (unpaired) electrons. The van der Waals surface area contributed by atoms with E-state index in [2.05, 4.69) is 9.44 Å². The fourth-order valence-electron chi connectivity index (χ4n) is 0.981. The highest BCUT2D eigenvalue weighted by atomic mass is 32.2. The van der Waals surface area contributed by atoms with Crippen LogP contribution < -0.4 is 0 Å². The predicted molar refractivity (Wildman–Crippen MR) is 62.4 cm³/mol. The molecular weight excluding hydrogens is 366 g/mol. The van der Waals surface area contributed by atoms with Crippen LogP contribution in [-0.4, -0.2) is 27.9 Å². The Kier molecular flexibility index (Phi) is 4.58. The van der Waals surface area contributed by atoms with E-state index in [1.807, 2.05) is 0 Å². The van der Waals surface area contributed by atoms with E-state index in [1.165, 1.54) is 0 Å².